The first-order valence-electron chi connectivity index (χ1n) is 6.28. The highest BCUT2D eigenvalue weighted by atomic mass is 35.5. The van der Waals surface area contributed by atoms with E-state index in [1.54, 1.807) is 12.0 Å². The Bertz CT molecular complexity index is 626. The second kappa shape index (κ2) is 6.43. The van der Waals surface area contributed by atoms with Gasteiger partial charge >= 0.3 is 0 Å². The molecule has 1 amide bonds. The Kier molecular flexibility index (Phi) is 4.86. The number of aliphatic hydroxyl groups excluding tert-OH is 1. The summed E-state index contributed by atoms with van der Waals surface area (Å²) in [5.41, 5.74) is 0. The maximum atomic E-state index is 12.4. The number of nitrogens with zero attached hydrogens (tertiary/aromatic N) is 1. The first kappa shape index (κ1) is 15.1. The van der Waals surface area contributed by atoms with Gasteiger partial charge in [0, 0.05) is 23.2 Å². The summed E-state index contributed by atoms with van der Waals surface area (Å²) in [4.78, 5) is 14.5. The van der Waals surface area contributed by atoms with Crippen LogP contribution in [0.15, 0.2) is 18.2 Å². The quantitative estimate of drug-likeness (QED) is 0.923. The molecule has 1 aromatic heterocycles. The molecule has 0 saturated heterocycles. The molecule has 108 valence electrons. The number of carbonyl (C=O) groups is 1. The molecule has 20 heavy (non-hydrogen) atoms. The predicted octanol–water partition coefficient (Wildman–Crippen LogP) is 3.02. The first-order chi connectivity index (χ1) is 9.62. The van der Waals surface area contributed by atoms with Gasteiger partial charge in [0.15, 0.2) is 0 Å². The number of benzene rings is 1. The van der Waals surface area contributed by atoms with Crippen molar-refractivity contribution in [2.45, 2.75) is 6.92 Å². The summed E-state index contributed by atoms with van der Waals surface area (Å²) in [6.45, 7) is 2.66. The van der Waals surface area contributed by atoms with Crippen LogP contribution < -0.4 is 4.74 Å². The van der Waals surface area contributed by atoms with Crippen molar-refractivity contribution in [3.63, 3.8) is 0 Å². The van der Waals surface area contributed by atoms with Gasteiger partial charge in [-0.15, -0.1) is 11.3 Å². The molecular weight excluding hydrogens is 298 g/mol. The van der Waals surface area contributed by atoms with Gasteiger partial charge < -0.3 is 14.7 Å². The van der Waals surface area contributed by atoms with E-state index in [4.69, 9.17) is 21.4 Å². The van der Waals surface area contributed by atoms with E-state index in [9.17, 15) is 4.79 Å². The van der Waals surface area contributed by atoms with Crippen LogP contribution in [0.5, 0.6) is 5.75 Å². The van der Waals surface area contributed by atoms with Gasteiger partial charge in [-0.05, 0) is 25.1 Å². The lowest BCUT2D eigenvalue weighted by Gasteiger charge is -2.18. The van der Waals surface area contributed by atoms with Crippen LogP contribution >= 0.6 is 22.9 Å². The van der Waals surface area contributed by atoms with E-state index in [-0.39, 0.29) is 12.5 Å². The average molecular weight is 314 g/mol. The molecule has 2 aromatic rings. The minimum absolute atomic E-state index is 0.0596. The summed E-state index contributed by atoms with van der Waals surface area (Å²) in [6, 6.07) is 5.56. The van der Waals surface area contributed by atoms with Crippen LogP contribution in [0.2, 0.25) is 5.02 Å². The third-order valence-corrected chi connectivity index (χ3v) is 4.73. The van der Waals surface area contributed by atoms with E-state index >= 15 is 0 Å². The predicted molar refractivity (Wildman–Crippen MR) is 82.1 cm³/mol. The van der Waals surface area contributed by atoms with Crippen LogP contribution in [0.25, 0.3) is 10.1 Å². The van der Waals surface area contributed by atoms with Crippen molar-refractivity contribution < 1.29 is 14.6 Å². The molecule has 0 unspecified atom stereocenters. The third-order valence-electron chi connectivity index (χ3n) is 3.07. The van der Waals surface area contributed by atoms with Gasteiger partial charge in [-0.1, -0.05) is 11.6 Å². The Morgan fingerprint density at radius 1 is 1.50 bits per heavy atom. The van der Waals surface area contributed by atoms with Crippen LogP contribution in [0.3, 0.4) is 0 Å². The molecule has 1 heterocycles. The Hall–Kier alpha value is -1.30. The monoisotopic (exact) mass is 313 g/mol. The number of rotatable bonds is 5. The van der Waals surface area contributed by atoms with Crippen molar-refractivity contribution in [2.24, 2.45) is 0 Å². The van der Waals surface area contributed by atoms with E-state index in [0.29, 0.717) is 28.7 Å². The zero-order valence-electron chi connectivity index (χ0n) is 11.4. The number of fused-ring (bicyclic) bond motifs is 1. The van der Waals surface area contributed by atoms with E-state index in [1.807, 2.05) is 25.1 Å². The third kappa shape index (κ3) is 2.75. The Labute approximate surface area is 126 Å². The summed E-state index contributed by atoms with van der Waals surface area (Å²) >= 11 is 7.69. The number of ether oxygens (including phenoxy) is 1. The molecule has 2 rings (SSSR count). The summed E-state index contributed by atoms with van der Waals surface area (Å²) in [6.07, 6.45) is 0. The van der Waals surface area contributed by atoms with E-state index in [1.165, 1.54) is 11.3 Å². The molecule has 0 aliphatic heterocycles. The molecule has 6 heteroatoms. The molecule has 0 fully saturated rings. The molecule has 4 nitrogen and oxygen atoms in total. The molecule has 0 aliphatic rings. The number of halogens is 1. The average Bonchev–Trinajstić information content (AvgIpc) is 2.80. The molecule has 0 saturated carbocycles. The lowest BCUT2D eigenvalue weighted by molar-refractivity contribution is 0.0737. The van der Waals surface area contributed by atoms with Crippen molar-refractivity contribution in [1.29, 1.82) is 0 Å². The smallest absolute Gasteiger partial charge is 0.265 e. The van der Waals surface area contributed by atoms with Gasteiger partial charge in [0.2, 0.25) is 0 Å². The normalized spacial score (nSPS) is 10.8. The summed E-state index contributed by atoms with van der Waals surface area (Å²) in [5, 5.41) is 10.3. The van der Waals surface area contributed by atoms with Gasteiger partial charge in [-0.2, -0.15) is 0 Å². The van der Waals surface area contributed by atoms with Crippen molar-refractivity contribution in [3.8, 4) is 5.75 Å². The number of hydrogen-bond donors (Lipinski definition) is 1. The van der Waals surface area contributed by atoms with Gasteiger partial charge in [-0.25, -0.2) is 0 Å². The fraction of sp³-hybridized carbons (Fsp3) is 0.357. The van der Waals surface area contributed by atoms with Crippen LogP contribution in [-0.4, -0.2) is 42.7 Å². The van der Waals surface area contributed by atoms with Crippen molar-refractivity contribution in [1.82, 2.24) is 4.90 Å². The van der Waals surface area contributed by atoms with Gasteiger partial charge in [-0.3, -0.25) is 4.79 Å². The topological polar surface area (TPSA) is 49.8 Å². The number of thiophene rings is 1. The molecule has 0 aliphatic carbocycles. The van der Waals surface area contributed by atoms with Crippen molar-refractivity contribution in [2.75, 3.05) is 26.8 Å². The lowest BCUT2D eigenvalue weighted by atomic mass is 10.2. The van der Waals surface area contributed by atoms with Crippen LogP contribution in [0, 0.1) is 0 Å². The zero-order chi connectivity index (χ0) is 14.7. The SMILES string of the molecule is CCN(CCO)C(=O)c1sc2ccc(OC)cc2c1Cl. The molecular formula is C14H16ClNO3S. The number of likely N-dealkylation sites (N-methyl/N-ethyl adjacent to an activating group) is 1. The van der Waals surface area contributed by atoms with Crippen LogP contribution in [0.4, 0.5) is 0 Å². The highest BCUT2D eigenvalue weighted by molar-refractivity contribution is 7.21. The molecule has 0 spiro atoms. The Morgan fingerprint density at radius 3 is 2.85 bits per heavy atom. The molecule has 1 aromatic carbocycles. The standard InChI is InChI=1S/C14H16ClNO3S/c1-3-16(6-7-17)14(18)13-12(15)10-8-9(19-2)4-5-11(10)20-13/h4-5,8,17H,3,6-7H2,1-2H3. The molecule has 0 atom stereocenters. The highest BCUT2D eigenvalue weighted by Crippen LogP contribution is 2.37. The largest absolute Gasteiger partial charge is 0.497 e. The maximum absolute atomic E-state index is 12.4. The summed E-state index contributed by atoms with van der Waals surface area (Å²) < 4.78 is 6.12. The summed E-state index contributed by atoms with van der Waals surface area (Å²) in [5.74, 6) is 0.561. The second-order valence-corrected chi connectivity index (χ2v) is 5.65. The van der Waals surface area contributed by atoms with E-state index in [0.717, 1.165) is 10.1 Å². The fourth-order valence-electron chi connectivity index (χ4n) is 1.98. The van der Waals surface area contributed by atoms with E-state index in [2.05, 4.69) is 0 Å². The number of hydrogen-bond acceptors (Lipinski definition) is 4. The van der Waals surface area contributed by atoms with Gasteiger partial charge in [0.05, 0.1) is 18.7 Å². The molecule has 1 N–H and O–H groups in total. The first-order valence-corrected chi connectivity index (χ1v) is 7.48. The van der Waals surface area contributed by atoms with Crippen LogP contribution in [0.1, 0.15) is 16.6 Å². The molecule has 0 bridgehead atoms. The van der Waals surface area contributed by atoms with Gasteiger partial charge in [0.1, 0.15) is 10.6 Å². The lowest BCUT2D eigenvalue weighted by Crippen LogP contribution is -2.32. The Morgan fingerprint density at radius 2 is 2.25 bits per heavy atom. The summed E-state index contributed by atoms with van der Waals surface area (Å²) in [7, 11) is 1.59. The number of amides is 1. The van der Waals surface area contributed by atoms with Gasteiger partial charge in [0.25, 0.3) is 5.91 Å². The fourth-order valence-corrected chi connectivity index (χ4v) is 3.43. The second-order valence-electron chi connectivity index (χ2n) is 4.22. The number of aliphatic hydroxyl groups is 1. The minimum Gasteiger partial charge on any atom is -0.497 e. The van der Waals surface area contributed by atoms with E-state index < -0.39 is 0 Å². The van der Waals surface area contributed by atoms with Crippen molar-refractivity contribution in [3.05, 3.63) is 28.1 Å². The van der Waals surface area contributed by atoms with Crippen molar-refractivity contribution >= 4 is 38.9 Å². The molecule has 0 radical (unpaired) electrons. The zero-order valence-corrected chi connectivity index (χ0v) is 12.9. The highest BCUT2D eigenvalue weighted by Gasteiger charge is 2.21. The number of methoxy groups -OCH3 is 1. The van der Waals surface area contributed by atoms with Crippen LogP contribution in [-0.2, 0) is 0 Å². The minimum atomic E-state index is -0.147. The Balaban J connectivity index is 2.44. The maximum Gasteiger partial charge on any atom is 0.265 e. The number of carbonyl (C=O) groups excluding carboxylic acids is 1.